The maximum atomic E-state index is 12.0. The van der Waals surface area contributed by atoms with Crippen LogP contribution in [0.25, 0.3) is 0 Å². The zero-order chi connectivity index (χ0) is 14.8. The van der Waals surface area contributed by atoms with Crippen molar-refractivity contribution in [1.82, 2.24) is 10.2 Å². The van der Waals surface area contributed by atoms with Gasteiger partial charge < -0.3 is 16.0 Å². The molecule has 4 nitrogen and oxygen atoms in total. The number of rotatable bonds is 10. The molecule has 1 amide bonds. The molecular formula is C15H33N3O. The van der Waals surface area contributed by atoms with Gasteiger partial charge in [0.15, 0.2) is 0 Å². The lowest BCUT2D eigenvalue weighted by molar-refractivity contribution is -0.122. The fourth-order valence-corrected chi connectivity index (χ4v) is 2.44. The highest BCUT2D eigenvalue weighted by atomic mass is 16.1. The van der Waals surface area contributed by atoms with Gasteiger partial charge in [-0.2, -0.15) is 0 Å². The number of hydrogen-bond acceptors (Lipinski definition) is 3. The minimum atomic E-state index is 0.135. The molecule has 0 aromatic heterocycles. The number of nitrogens with two attached hydrogens (primary N) is 1. The van der Waals surface area contributed by atoms with Crippen molar-refractivity contribution in [3.05, 3.63) is 0 Å². The number of nitrogens with one attached hydrogen (secondary N) is 1. The molecule has 0 spiro atoms. The fourth-order valence-electron chi connectivity index (χ4n) is 2.44. The first-order valence-corrected chi connectivity index (χ1v) is 7.64. The van der Waals surface area contributed by atoms with Crippen LogP contribution in [-0.2, 0) is 4.79 Å². The highest BCUT2D eigenvalue weighted by molar-refractivity contribution is 5.76. The largest absolute Gasteiger partial charge is 0.352 e. The van der Waals surface area contributed by atoms with Gasteiger partial charge in [-0.15, -0.1) is 0 Å². The van der Waals surface area contributed by atoms with Crippen molar-refractivity contribution in [2.24, 2.45) is 17.6 Å². The van der Waals surface area contributed by atoms with Crippen LogP contribution in [0.3, 0.4) is 0 Å². The summed E-state index contributed by atoms with van der Waals surface area (Å²) in [7, 11) is 0. The summed E-state index contributed by atoms with van der Waals surface area (Å²) < 4.78 is 0. The highest BCUT2D eigenvalue weighted by Gasteiger charge is 2.16. The first kappa shape index (κ1) is 18.4. The lowest BCUT2D eigenvalue weighted by Gasteiger charge is -2.24. The van der Waals surface area contributed by atoms with Gasteiger partial charge in [0.05, 0.1) is 0 Å². The van der Waals surface area contributed by atoms with E-state index in [0.29, 0.717) is 24.8 Å². The smallest absolute Gasteiger partial charge is 0.220 e. The van der Waals surface area contributed by atoms with Crippen molar-refractivity contribution >= 4 is 5.91 Å². The second kappa shape index (κ2) is 10.2. The quantitative estimate of drug-likeness (QED) is 0.637. The molecular weight excluding hydrogens is 238 g/mol. The molecule has 0 heterocycles. The molecule has 0 saturated heterocycles. The van der Waals surface area contributed by atoms with E-state index in [1.54, 1.807) is 0 Å². The van der Waals surface area contributed by atoms with Gasteiger partial charge in [-0.1, -0.05) is 27.7 Å². The van der Waals surface area contributed by atoms with Crippen molar-refractivity contribution < 1.29 is 4.79 Å². The maximum Gasteiger partial charge on any atom is 0.220 e. The Hall–Kier alpha value is -0.610. The predicted octanol–water partition coefficient (Wildman–Crippen LogP) is 1.84. The SMILES string of the molecule is CCN(CC)CC(C)NC(=O)CC(CN)CC(C)C. The number of carbonyl (C=O) groups is 1. The average Bonchev–Trinajstić information content (AvgIpc) is 2.34. The molecule has 19 heavy (non-hydrogen) atoms. The molecule has 114 valence electrons. The van der Waals surface area contributed by atoms with E-state index in [2.05, 4.69) is 44.8 Å². The molecule has 0 aromatic rings. The molecule has 0 radical (unpaired) electrons. The minimum absolute atomic E-state index is 0.135. The lowest BCUT2D eigenvalue weighted by Crippen LogP contribution is -2.42. The van der Waals surface area contributed by atoms with Crippen LogP contribution in [0, 0.1) is 11.8 Å². The van der Waals surface area contributed by atoms with Crippen molar-refractivity contribution in [3.8, 4) is 0 Å². The Bertz CT molecular complexity index is 240. The van der Waals surface area contributed by atoms with Gasteiger partial charge >= 0.3 is 0 Å². The first-order chi connectivity index (χ1) is 8.92. The van der Waals surface area contributed by atoms with E-state index in [1.807, 2.05) is 0 Å². The first-order valence-electron chi connectivity index (χ1n) is 7.64. The molecule has 0 aliphatic heterocycles. The summed E-state index contributed by atoms with van der Waals surface area (Å²) in [5.74, 6) is 1.03. The molecule has 0 rings (SSSR count). The van der Waals surface area contributed by atoms with Crippen molar-refractivity contribution in [2.45, 2.75) is 53.5 Å². The maximum absolute atomic E-state index is 12.0. The van der Waals surface area contributed by atoms with E-state index >= 15 is 0 Å². The lowest BCUT2D eigenvalue weighted by atomic mass is 9.94. The zero-order valence-electron chi connectivity index (χ0n) is 13.4. The molecule has 0 aromatic carbocycles. The van der Waals surface area contributed by atoms with Gasteiger partial charge in [-0.25, -0.2) is 0 Å². The molecule has 0 aliphatic carbocycles. The summed E-state index contributed by atoms with van der Waals surface area (Å²) in [6.07, 6.45) is 1.58. The second-order valence-corrected chi connectivity index (χ2v) is 5.89. The van der Waals surface area contributed by atoms with Crippen LogP contribution < -0.4 is 11.1 Å². The normalized spacial score (nSPS) is 14.7. The predicted molar refractivity (Wildman–Crippen MR) is 82.0 cm³/mol. The average molecular weight is 271 g/mol. The van der Waals surface area contributed by atoms with Crippen molar-refractivity contribution in [3.63, 3.8) is 0 Å². The van der Waals surface area contributed by atoms with Gasteiger partial charge in [-0.05, 0) is 44.8 Å². The Balaban J connectivity index is 4.07. The highest BCUT2D eigenvalue weighted by Crippen LogP contribution is 2.14. The van der Waals surface area contributed by atoms with Gasteiger partial charge in [-0.3, -0.25) is 4.79 Å². The Morgan fingerprint density at radius 1 is 1.21 bits per heavy atom. The monoisotopic (exact) mass is 271 g/mol. The van der Waals surface area contributed by atoms with E-state index < -0.39 is 0 Å². The summed E-state index contributed by atoms with van der Waals surface area (Å²) >= 11 is 0. The van der Waals surface area contributed by atoms with Crippen LogP contribution in [0.4, 0.5) is 0 Å². The molecule has 3 N–H and O–H groups in total. The van der Waals surface area contributed by atoms with Crippen LogP contribution in [0.2, 0.25) is 0 Å². The number of amides is 1. The van der Waals surface area contributed by atoms with E-state index in [9.17, 15) is 4.79 Å². The standard InChI is InChI=1S/C15H33N3O/c1-6-18(7-2)11-13(5)17-15(19)9-14(10-16)8-12(3)4/h12-14H,6-11,16H2,1-5H3,(H,17,19). The Kier molecular flexibility index (Phi) is 9.88. The summed E-state index contributed by atoms with van der Waals surface area (Å²) in [5, 5.41) is 3.08. The Morgan fingerprint density at radius 3 is 2.21 bits per heavy atom. The van der Waals surface area contributed by atoms with Crippen LogP contribution in [-0.4, -0.2) is 43.0 Å². The third-order valence-electron chi connectivity index (χ3n) is 3.45. The summed E-state index contributed by atoms with van der Waals surface area (Å²) in [4.78, 5) is 14.3. The van der Waals surface area contributed by atoms with Crippen LogP contribution in [0.15, 0.2) is 0 Å². The van der Waals surface area contributed by atoms with E-state index in [0.717, 1.165) is 26.1 Å². The Labute approximate surface area is 119 Å². The van der Waals surface area contributed by atoms with E-state index in [4.69, 9.17) is 5.73 Å². The van der Waals surface area contributed by atoms with Crippen molar-refractivity contribution in [2.75, 3.05) is 26.2 Å². The number of likely N-dealkylation sites (N-methyl/N-ethyl adjacent to an activating group) is 1. The van der Waals surface area contributed by atoms with Gasteiger partial charge in [0.25, 0.3) is 0 Å². The molecule has 0 bridgehead atoms. The van der Waals surface area contributed by atoms with Crippen LogP contribution >= 0.6 is 0 Å². The summed E-state index contributed by atoms with van der Waals surface area (Å²) in [6.45, 7) is 14.2. The number of hydrogen-bond donors (Lipinski definition) is 2. The molecule has 2 unspecified atom stereocenters. The summed E-state index contributed by atoms with van der Waals surface area (Å²) in [6, 6.07) is 0.199. The number of nitrogens with zero attached hydrogens (tertiary/aromatic N) is 1. The molecule has 0 saturated carbocycles. The van der Waals surface area contributed by atoms with Gasteiger partial charge in [0.2, 0.25) is 5.91 Å². The van der Waals surface area contributed by atoms with Gasteiger partial charge in [0, 0.05) is 19.0 Å². The molecule has 4 heteroatoms. The zero-order valence-corrected chi connectivity index (χ0v) is 13.4. The summed E-state index contributed by atoms with van der Waals surface area (Å²) in [5.41, 5.74) is 5.74. The third kappa shape index (κ3) is 9.00. The van der Waals surface area contributed by atoms with Crippen LogP contribution in [0.1, 0.15) is 47.5 Å². The third-order valence-corrected chi connectivity index (χ3v) is 3.45. The topological polar surface area (TPSA) is 58.4 Å². The Morgan fingerprint density at radius 2 is 1.79 bits per heavy atom. The van der Waals surface area contributed by atoms with Gasteiger partial charge in [0.1, 0.15) is 0 Å². The van der Waals surface area contributed by atoms with E-state index in [1.165, 1.54) is 0 Å². The molecule has 0 aliphatic rings. The minimum Gasteiger partial charge on any atom is -0.352 e. The second-order valence-electron chi connectivity index (χ2n) is 5.89. The molecule has 0 fully saturated rings. The fraction of sp³-hybridized carbons (Fsp3) is 0.933. The number of carbonyl (C=O) groups excluding carboxylic acids is 1. The van der Waals surface area contributed by atoms with Crippen molar-refractivity contribution in [1.29, 1.82) is 0 Å². The van der Waals surface area contributed by atoms with E-state index in [-0.39, 0.29) is 11.9 Å². The van der Waals surface area contributed by atoms with Crippen LogP contribution in [0.5, 0.6) is 0 Å². The molecule has 2 atom stereocenters.